The number of benzene rings is 3. The molecular weight excluding hydrogens is 530 g/mol. The smallest absolute Gasteiger partial charge is 0.271 e. The molecule has 0 saturated heterocycles. The topological polar surface area (TPSA) is 107 Å². The Morgan fingerprint density at radius 1 is 0.972 bits per heavy atom. The van der Waals surface area contributed by atoms with Crippen LogP contribution in [-0.2, 0) is 4.79 Å². The fourth-order valence-electron chi connectivity index (χ4n) is 3.07. The summed E-state index contributed by atoms with van der Waals surface area (Å²) in [5.74, 6) is 1.35. The molecule has 2 amide bonds. The molecule has 0 aliphatic rings. The number of halogens is 1. The molecule has 3 aromatic carbocycles. The summed E-state index contributed by atoms with van der Waals surface area (Å²) in [5, 5.41) is 6.78. The van der Waals surface area contributed by atoms with Crippen molar-refractivity contribution < 1.29 is 28.5 Å². The third-order valence-electron chi connectivity index (χ3n) is 4.76. The highest BCUT2D eigenvalue weighted by Crippen LogP contribution is 2.36. The van der Waals surface area contributed by atoms with E-state index in [0.29, 0.717) is 50.9 Å². The van der Waals surface area contributed by atoms with Gasteiger partial charge in [-0.2, -0.15) is 5.10 Å². The van der Waals surface area contributed by atoms with E-state index in [-0.39, 0.29) is 18.4 Å². The highest BCUT2D eigenvalue weighted by Gasteiger charge is 2.14. The number of rotatable bonds is 11. The zero-order valence-corrected chi connectivity index (χ0v) is 21.6. The van der Waals surface area contributed by atoms with Gasteiger partial charge in [0.25, 0.3) is 11.8 Å². The van der Waals surface area contributed by atoms with Crippen molar-refractivity contribution in [2.24, 2.45) is 5.10 Å². The van der Waals surface area contributed by atoms with Crippen LogP contribution in [0.15, 0.2) is 70.2 Å². The third kappa shape index (κ3) is 7.47. The molecule has 3 aromatic rings. The van der Waals surface area contributed by atoms with Crippen molar-refractivity contribution in [3.63, 3.8) is 0 Å². The number of carbonyl (C=O) groups is 2. The minimum absolute atomic E-state index is 0.227. The van der Waals surface area contributed by atoms with E-state index in [9.17, 15) is 9.59 Å². The van der Waals surface area contributed by atoms with Gasteiger partial charge in [0.05, 0.1) is 31.5 Å². The van der Waals surface area contributed by atoms with E-state index < -0.39 is 0 Å². The van der Waals surface area contributed by atoms with Gasteiger partial charge in [0, 0.05) is 11.3 Å². The number of hydrogen-bond acceptors (Lipinski definition) is 7. The van der Waals surface area contributed by atoms with Crippen LogP contribution < -0.4 is 29.7 Å². The number of methoxy groups -OCH3 is 2. The lowest BCUT2D eigenvalue weighted by atomic mass is 10.2. The number of anilines is 1. The van der Waals surface area contributed by atoms with Crippen LogP contribution in [0.3, 0.4) is 0 Å². The van der Waals surface area contributed by atoms with E-state index in [2.05, 4.69) is 31.8 Å². The molecule has 2 N–H and O–H groups in total. The first-order chi connectivity index (χ1) is 17.4. The second kappa shape index (κ2) is 13.1. The Morgan fingerprint density at radius 3 is 2.42 bits per heavy atom. The maximum atomic E-state index is 12.4. The van der Waals surface area contributed by atoms with E-state index in [1.54, 1.807) is 67.8 Å². The van der Waals surface area contributed by atoms with Gasteiger partial charge in [0.15, 0.2) is 18.1 Å². The maximum absolute atomic E-state index is 12.4. The van der Waals surface area contributed by atoms with Crippen LogP contribution in [0.2, 0.25) is 0 Å². The summed E-state index contributed by atoms with van der Waals surface area (Å²) in [6.07, 6.45) is 1.48. The second-order valence-electron chi connectivity index (χ2n) is 7.26. The van der Waals surface area contributed by atoms with Crippen LogP contribution in [-0.4, -0.2) is 45.5 Å². The van der Waals surface area contributed by atoms with Gasteiger partial charge >= 0.3 is 0 Å². The predicted octanol–water partition coefficient (Wildman–Crippen LogP) is 4.65. The van der Waals surface area contributed by atoms with Crippen molar-refractivity contribution in [1.82, 2.24) is 5.43 Å². The Balaban J connectivity index is 1.64. The Kier molecular flexibility index (Phi) is 9.70. The number of ether oxygens (including phenoxy) is 4. The second-order valence-corrected chi connectivity index (χ2v) is 8.11. The zero-order valence-electron chi connectivity index (χ0n) is 20.0. The average molecular weight is 556 g/mol. The molecule has 0 bridgehead atoms. The summed E-state index contributed by atoms with van der Waals surface area (Å²) < 4.78 is 22.2. The molecule has 36 heavy (non-hydrogen) atoms. The van der Waals surface area contributed by atoms with Gasteiger partial charge in [-0.05, 0) is 83.0 Å². The Labute approximate surface area is 217 Å². The zero-order chi connectivity index (χ0) is 25.9. The summed E-state index contributed by atoms with van der Waals surface area (Å²) >= 11 is 3.46. The molecule has 0 heterocycles. The summed E-state index contributed by atoms with van der Waals surface area (Å²) in [7, 11) is 3.11. The molecule has 9 nitrogen and oxygen atoms in total. The third-order valence-corrected chi connectivity index (χ3v) is 5.35. The van der Waals surface area contributed by atoms with Crippen molar-refractivity contribution in [1.29, 1.82) is 0 Å². The fourth-order valence-corrected chi connectivity index (χ4v) is 3.64. The van der Waals surface area contributed by atoms with Crippen molar-refractivity contribution in [2.45, 2.75) is 6.92 Å². The van der Waals surface area contributed by atoms with Crippen LogP contribution in [0.4, 0.5) is 5.69 Å². The van der Waals surface area contributed by atoms with Gasteiger partial charge in [0.2, 0.25) is 0 Å². The van der Waals surface area contributed by atoms with E-state index >= 15 is 0 Å². The summed E-state index contributed by atoms with van der Waals surface area (Å²) in [6, 6.07) is 17.2. The van der Waals surface area contributed by atoms with Crippen LogP contribution >= 0.6 is 15.9 Å². The van der Waals surface area contributed by atoms with E-state index in [4.69, 9.17) is 18.9 Å². The minimum atomic E-state index is -0.378. The van der Waals surface area contributed by atoms with E-state index in [1.807, 2.05) is 6.92 Å². The number of hydrazone groups is 1. The standard InChI is InChI=1S/C26H26BrN3O6/c1-4-35-23-13-17(15-28-30-26(32)18-6-5-7-21(14-18)34-3)12-22(27)25(23)36-16-24(31)29-19-8-10-20(33-2)11-9-19/h5-15H,4,16H2,1-3H3,(H,29,31)(H,30,32)/b28-15+. The monoisotopic (exact) mass is 555 g/mol. The minimum Gasteiger partial charge on any atom is -0.497 e. The summed E-state index contributed by atoms with van der Waals surface area (Å²) in [6.45, 7) is 1.99. The quantitative estimate of drug-likeness (QED) is 0.263. The van der Waals surface area contributed by atoms with Crippen molar-refractivity contribution in [2.75, 3.05) is 32.8 Å². The van der Waals surface area contributed by atoms with Gasteiger partial charge in [0.1, 0.15) is 11.5 Å². The molecule has 10 heteroatoms. The van der Waals surface area contributed by atoms with Crippen molar-refractivity contribution >= 4 is 39.6 Å². The molecular formula is C26H26BrN3O6. The SMILES string of the molecule is CCOc1cc(/C=N/NC(=O)c2cccc(OC)c2)cc(Br)c1OCC(=O)Nc1ccc(OC)cc1. The number of nitrogens with one attached hydrogen (secondary N) is 2. The predicted molar refractivity (Wildman–Crippen MR) is 140 cm³/mol. The van der Waals surface area contributed by atoms with Crippen LogP contribution in [0.25, 0.3) is 0 Å². The first kappa shape index (κ1) is 26.6. The first-order valence-corrected chi connectivity index (χ1v) is 11.7. The number of hydrogen-bond donors (Lipinski definition) is 2. The highest BCUT2D eigenvalue weighted by molar-refractivity contribution is 9.10. The highest BCUT2D eigenvalue weighted by atomic mass is 79.9. The molecule has 0 aromatic heterocycles. The summed E-state index contributed by atoms with van der Waals surface area (Å²) in [4.78, 5) is 24.7. The normalized spacial score (nSPS) is 10.6. The van der Waals surface area contributed by atoms with E-state index in [1.165, 1.54) is 13.3 Å². The van der Waals surface area contributed by atoms with Crippen LogP contribution in [0.1, 0.15) is 22.8 Å². The Hall–Kier alpha value is -4.05. The molecule has 0 fully saturated rings. The Morgan fingerprint density at radius 2 is 1.72 bits per heavy atom. The van der Waals surface area contributed by atoms with Crippen molar-refractivity contribution in [3.8, 4) is 23.0 Å². The molecule has 0 unspecified atom stereocenters. The maximum Gasteiger partial charge on any atom is 0.271 e. The van der Waals surface area contributed by atoms with Crippen LogP contribution in [0.5, 0.6) is 23.0 Å². The van der Waals surface area contributed by atoms with Crippen LogP contribution in [0, 0.1) is 0 Å². The fraction of sp³-hybridized carbons (Fsp3) is 0.192. The Bertz CT molecular complexity index is 1230. The molecule has 188 valence electrons. The molecule has 0 aliphatic carbocycles. The van der Waals surface area contributed by atoms with Gasteiger partial charge in [-0.15, -0.1) is 0 Å². The lowest BCUT2D eigenvalue weighted by Gasteiger charge is -2.14. The van der Waals surface area contributed by atoms with Crippen molar-refractivity contribution in [3.05, 3.63) is 76.3 Å². The average Bonchev–Trinajstić information content (AvgIpc) is 2.88. The molecule has 0 radical (unpaired) electrons. The molecule has 0 saturated carbocycles. The lowest BCUT2D eigenvalue weighted by molar-refractivity contribution is -0.118. The summed E-state index contributed by atoms with van der Waals surface area (Å²) in [5.41, 5.74) is 4.16. The van der Waals surface area contributed by atoms with Gasteiger partial charge in [-0.3, -0.25) is 9.59 Å². The lowest BCUT2D eigenvalue weighted by Crippen LogP contribution is -2.20. The van der Waals surface area contributed by atoms with E-state index in [0.717, 1.165) is 0 Å². The molecule has 3 rings (SSSR count). The number of amides is 2. The number of carbonyl (C=O) groups excluding carboxylic acids is 2. The molecule has 0 atom stereocenters. The van der Waals surface area contributed by atoms with Gasteiger partial charge in [-0.25, -0.2) is 5.43 Å². The molecule has 0 aliphatic heterocycles. The number of nitrogens with zero attached hydrogens (tertiary/aromatic N) is 1. The van der Waals surface area contributed by atoms with Gasteiger partial charge in [-0.1, -0.05) is 6.07 Å². The van der Waals surface area contributed by atoms with Gasteiger partial charge < -0.3 is 24.3 Å². The first-order valence-electron chi connectivity index (χ1n) is 10.9. The molecule has 0 spiro atoms. The largest absolute Gasteiger partial charge is 0.497 e.